The van der Waals surface area contributed by atoms with Crippen LogP contribution in [0.5, 0.6) is 5.75 Å². The van der Waals surface area contributed by atoms with Gasteiger partial charge < -0.3 is 4.74 Å². The lowest BCUT2D eigenvalue weighted by atomic mass is 10.2. The Morgan fingerprint density at radius 1 is 1.06 bits per heavy atom. The number of hydrogen-bond acceptors (Lipinski definition) is 4. The molecule has 5 aromatic rings. The molecule has 0 aliphatic heterocycles. The number of aromatic nitrogens is 2. The molecule has 2 heterocycles. The van der Waals surface area contributed by atoms with E-state index in [9.17, 15) is 4.79 Å². The highest BCUT2D eigenvalue weighted by Crippen LogP contribution is 2.35. The summed E-state index contributed by atoms with van der Waals surface area (Å²) in [4.78, 5) is 18.3. The van der Waals surface area contributed by atoms with Crippen LogP contribution in [0.15, 0.2) is 74.4 Å². The molecule has 0 radical (unpaired) electrons. The van der Waals surface area contributed by atoms with Crippen LogP contribution >= 0.6 is 43.2 Å². The summed E-state index contributed by atoms with van der Waals surface area (Å²) in [7, 11) is 0. The first-order valence-corrected chi connectivity index (χ1v) is 12.0. The molecule has 2 aromatic heterocycles. The standard InChI is InChI=1S/C24H16Br2N2O2S/c1-14-6-8-15(9-7-14)13-30-22-17(25)10-16(11-18(22)26)12-21-23(29)28-20-5-3-2-4-19(20)27-24(28)31-21/h2-12H,13H2,1H3/b21-12+. The third kappa shape index (κ3) is 3.93. The first-order chi connectivity index (χ1) is 15.0. The van der Waals surface area contributed by atoms with Gasteiger partial charge in [0.2, 0.25) is 0 Å². The Morgan fingerprint density at radius 3 is 2.52 bits per heavy atom. The van der Waals surface area contributed by atoms with E-state index in [0.29, 0.717) is 16.1 Å². The van der Waals surface area contributed by atoms with Crippen LogP contribution in [-0.2, 0) is 6.61 Å². The Bertz CT molecular complexity index is 1520. The summed E-state index contributed by atoms with van der Waals surface area (Å²) in [5, 5.41) is 0. The van der Waals surface area contributed by atoms with Crippen molar-refractivity contribution in [2.24, 2.45) is 0 Å². The molecule has 0 aliphatic carbocycles. The topological polar surface area (TPSA) is 43.6 Å². The molecular formula is C24H16Br2N2O2S. The predicted molar refractivity (Wildman–Crippen MR) is 133 cm³/mol. The smallest absolute Gasteiger partial charge is 0.274 e. The van der Waals surface area contributed by atoms with E-state index in [4.69, 9.17) is 4.74 Å². The van der Waals surface area contributed by atoms with Crippen molar-refractivity contribution in [2.45, 2.75) is 13.5 Å². The number of halogens is 2. The molecule has 0 amide bonds. The maximum absolute atomic E-state index is 13.0. The van der Waals surface area contributed by atoms with Gasteiger partial charge >= 0.3 is 0 Å². The lowest BCUT2D eigenvalue weighted by Crippen LogP contribution is -2.22. The van der Waals surface area contributed by atoms with Crippen molar-refractivity contribution in [3.63, 3.8) is 0 Å². The number of para-hydroxylation sites is 2. The van der Waals surface area contributed by atoms with E-state index in [0.717, 1.165) is 36.9 Å². The summed E-state index contributed by atoms with van der Waals surface area (Å²) in [6, 6.07) is 19.9. The molecule has 31 heavy (non-hydrogen) atoms. The van der Waals surface area contributed by atoms with Gasteiger partial charge in [-0.05, 0) is 80.3 Å². The minimum atomic E-state index is -0.0550. The summed E-state index contributed by atoms with van der Waals surface area (Å²) >= 11 is 8.61. The summed E-state index contributed by atoms with van der Waals surface area (Å²) in [5.41, 5.74) is 4.83. The average molecular weight is 556 g/mol. The van der Waals surface area contributed by atoms with Crippen molar-refractivity contribution in [2.75, 3.05) is 0 Å². The monoisotopic (exact) mass is 554 g/mol. The van der Waals surface area contributed by atoms with Crippen LogP contribution in [0.25, 0.3) is 22.1 Å². The average Bonchev–Trinajstić information content (AvgIpc) is 3.25. The van der Waals surface area contributed by atoms with E-state index in [1.807, 2.05) is 42.5 Å². The fourth-order valence-corrected chi connectivity index (χ4v) is 5.84. The second-order valence-electron chi connectivity index (χ2n) is 7.22. The Kier molecular flexibility index (Phi) is 5.42. The number of hydrogen-bond donors (Lipinski definition) is 0. The molecule has 0 saturated heterocycles. The third-order valence-corrected chi connectivity index (χ3v) is 7.11. The van der Waals surface area contributed by atoms with Crippen molar-refractivity contribution in [3.05, 3.63) is 101 Å². The summed E-state index contributed by atoms with van der Waals surface area (Å²) in [5.74, 6) is 0.729. The van der Waals surface area contributed by atoms with Crippen molar-refractivity contribution in [1.82, 2.24) is 9.38 Å². The normalized spacial score (nSPS) is 12.2. The number of aryl methyl sites for hydroxylation is 1. The van der Waals surface area contributed by atoms with Crippen LogP contribution in [0.1, 0.15) is 16.7 Å². The van der Waals surface area contributed by atoms with Crippen LogP contribution in [-0.4, -0.2) is 9.38 Å². The van der Waals surface area contributed by atoms with Crippen molar-refractivity contribution in [3.8, 4) is 5.75 Å². The summed E-state index contributed by atoms with van der Waals surface area (Å²) < 4.78 is 9.98. The highest BCUT2D eigenvalue weighted by Gasteiger charge is 2.12. The van der Waals surface area contributed by atoms with Gasteiger partial charge in [0.1, 0.15) is 12.4 Å². The molecule has 3 aromatic carbocycles. The molecule has 0 saturated carbocycles. The first kappa shape index (κ1) is 20.4. The minimum Gasteiger partial charge on any atom is -0.487 e. The zero-order valence-corrected chi connectivity index (χ0v) is 20.4. The van der Waals surface area contributed by atoms with Gasteiger partial charge in [-0.1, -0.05) is 53.3 Å². The highest BCUT2D eigenvalue weighted by atomic mass is 79.9. The van der Waals surface area contributed by atoms with E-state index in [-0.39, 0.29) is 5.56 Å². The lowest BCUT2D eigenvalue weighted by Gasteiger charge is -2.11. The second kappa shape index (κ2) is 8.22. The minimum absolute atomic E-state index is 0.0550. The molecule has 4 nitrogen and oxygen atoms in total. The SMILES string of the molecule is Cc1ccc(COc2c(Br)cc(/C=c3/sc4nc5ccccc5n4c3=O)cc2Br)cc1. The fraction of sp³-hybridized carbons (Fsp3) is 0.0833. The third-order valence-electron chi connectivity index (χ3n) is 4.97. The summed E-state index contributed by atoms with van der Waals surface area (Å²) in [6.45, 7) is 2.54. The molecular weight excluding hydrogens is 540 g/mol. The number of nitrogens with zero attached hydrogens (tertiary/aromatic N) is 2. The van der Waals surface area contributed by atoms with E-state index in [1.54, 1.807) is 4.40 Å². The molecule has 0 aliphatic rings. The fourth-order valence-electron chi connectivity index (χ4n) is 3.40. The van der Waals surface area contributed by atoms with Crippen LogP contribution < -0.4 is 14.8 Å². The van der Waals surface area contributed by atoms with Gasteiger partial charge in [-0.2, -0.15) is 0 Å². The Morgan fingerprint density at radius 2 is 1.77 bits per heavy atom. The number of fused-ring (bicyclic) bond motifs is 3. The molecule has 154 valence electrons. The van der Waals surface area contributed by atoms with Gasteiger partial charge in [-0.25, -0.2) is 9.38 Å². The van der Waals surface area contributed by atoms with Gasteiger partial charge in [0.15, 0.2) is 4.96 Å². The van der Waals surface area contributed by atoms with Crippen LogP contribution in [0.3, 0.4) is 0 Å². The maximum atomic E-state index is 13.0. The van der Waals surface area contributed by atoms with Gasteiger partial charge in [0.05, 0.1) is 24.5 Å². The zero-order chi connectivity index (χ0) is 21.5. The maximum Gasteiger partial charge on any atom is 0.274 e. The van der Waals surface area contributed by atoms with Gasteiger partial charge in [0, 0.05) is 0 Å². The largest absolute Gasteiger partial charge is 0.487 e. The molecule has 7 heteroatoms. The highest BCUT2D eigenvalue weighted by molar-refractivity contribution is 9.11. The van der Waals surface area contributed by atoms with Gasteiger partial charge in [-0.15, -0.1) is 0 Å². The van der Waals surface area contributed by atoms with Crippen LogP contribution in [0.2, 0.25) is 0 Å². The quantitative estimate of drug-likeness (QED) is 0.278. The van der Waals surface area contributed by atoms with Crippen molar-refractivity contribution < 1.29 is 4.74 Å². The lowest BCUT2D eigenvalue weighted by molar-refractivity contribution is 0.302. The predicted octanol–water partition coefficient (Wildman–Crippen LogP) is 5.87. The molecule has 0 fully saturated rings. The van der Waals surface area contributed by atoms with E-state index < -0.39 is 0 Å². The number of ether oxygens (including phenoxy) is 1. The van der Waals surface area contributed by atoms with Gasteiger partial charge in [0.25, 0.3) is 5.56 Å². The Labute approximate surface area is 199 Å². The first-order valence-electron chi connectivity index (χ1n) is 9.59. The summed E-state index contributed by atoms with van der Waals surface area (Å²) in [6.07, 6.45) is 1.88. The number of thiazole rings is 1. The zero-order valence-electron chi connectivity index (χ0n) is 16.4. The molecule has 5 rings (SSSR count). The van der Waals surface area contributed by atoms with E-state index in [2.05, 4.69) is 68.0 Å². The second-order valence-corrected chi connectivity index (χ2v) is 9.94. The van der Waals surface area contributed by atoms with Crippen molar-refractivity contribution in [1.29, 1.82) is 0 Å². The van der Waals surface area contributed by atoms with E-state index in [1.165, 1.54) is 16.9 Å². The number of rotatable bonds is 4. The number of benzene rings is 3. The van der Waals surface area contributed by atoms with Crippen LogP contribution in [0, 0.1) is 6.92 Å². The Balaban J connectivity index is 1.48. The molecule has 0 atom stereocenters. The molecule has 0 spiro atoms. The molecule has 0 bridgehead atoms. The van der Waals surface area contributed by atoms with Crippen LogP contribution in [0.4, 0.5) is 0 Å². The van der Waals surface area contributed by atoms with Gasteiger partial charge in [-0.3, -0.25) is 4.79 Å². The van der Waals surface area contributed by atoms with Crippen molar-refractivity contribution >= 4 is 65.3 Å². The molecule has 0 N–H and O–H groups in total. The number of imidazole rings is 1. The van der Waals surface area contributed by atoms with E-state index >= 15 is 0 Å². The molecule has 0 unspecified atom stereocenters. The Hall–Kier alpha value is -2.48.